The number of nitrogens with zero attached hydrogens (tertiary/aromatic N) is 2. The molecular weight excluding hydrogens is 296 g/mol. The number of H-pyrrole nitrogens is 1. The van der Waals surface area contributed by atoms with Gasteiger partial charge in [-0.3, -0.25) is 9.89 Å². The van der Waals surface area contributed by atoms with Gasteiger partial charge in [0.25, 0.3) is 5.91 Å². The van der Waals surface area contributed by atoms with E-state index in [2.05, 4.69) is 20.5 Å². The summed E-state index contributed by atoms with van der Waals surface area (Å²) < 4.78 is 0. The molecule has 2 rings (SSSR count). The zero-order valence-electron chi connectivity index (χ0n) is 11.2. The van der Waals surface area contributed by atoms with E-state index in [0.29, 0.717) is 12.2 Å². The van der Waals surface area contributed by atoms with Crippen molar-refractivity contribution in [3.05, 3.63) is 40.4 Å². The largest absolute Gasteiger partial charge is 0.478 e. The van der Waals surface area contributed by atoms with Crippen LogP contribution < -0.4 is 5.32 Å². The van der Waals surface area contributed by atoms with Gasteiger partial charge in [-0.15, -0.1) is 5.10 Å². The van der Waals surface area contributed by atoms with Crippen LogP contribution in [-0.2, 0) is 6.42 Å². The Hall–Kier alpha value is -2.41. The number of benzene rings is 1. The molecule has 7 nitrogen and oxygen atoms in total. The van der Waals surface area contributed by atoms with Crippen molar-refractivity contribution in [3.63, 3.8) is 0 Å². The number of hydrogen-bond acceptors (Lipinski definition) is 4. The molecule has 1 heterocycles. The number of rotatable bonds is 5. The molecule has 0 fully saturated rings. The average Bonchev–Trinajstić information content (AvgIpc) is 2.90. The highest BCUT2D eigenvalue weighted by Gasteiger charge is 2.15. The number of carbonyl (C=O) groups is 2. The Morgan fingerprint density at radius 1 is 1.43 bits per heavy atom. The summed E-state index contributed by atoms with van der Waals surface area (Å²) in [6.07, 6.45) is 1.57. The standard InChI is InChI=1S/C13H13ClN4O3/c1-2-3-10-16-11(18-17-10)12(19)15-9-6-7(13(20)21)4-5-8(9)14/h4-6H,2-3H2,1H3,(H,15,19)(H,20,21)(H,16,17,18). The van der Waals surface area contributed by atoms with Crippen molar-refractivity contribution in [2.75, 3.05) is 5.32 Å². The minimum absolute atomic E-state index is 0.0183. The number of carboxylic acid groups (broad SMARTS) is 1. The first kappa shape index (κ1) is 15.0. The molecule has 0 radical (unpaired) electrons. The summed E-state index contributed by atoms with van der Waals surface area (Å²) in [6.45, 7) is 1.99. The molecule has 0 saturated heterocycles. The number of anilines is 1. The zero-order valence-corrected chi connectivity index (χ0v) is 11.9. The van der Waals surface area contributed by atoms with Crippen molar-refractivity contribution in [2.45, 2.75) is 19.8 Å². The van der Waals surface area contributed by atoms with Gasteiger partial charge in [0.05, 0.1) is 16.3 Å². The van der Waals surface area contributed by atoms with E-state index in [1.165, 1.54) is 18.2 Å². The first-order valence-electron chi connectivity index (χ1n) is 6.26. The van der Waals surface area contributed by atoms with Gasteiger partial charge in [0, 0.05) is 6.42 Å². The second-order valence-corrected chi connectivity index (χ2v) is 4.72. The predicted octanol–water partition coefficient (Wildman–Crippen LogP) is 2.36. The number of aromatic amines is 1. The monoisotopic (exact) mass is 308 g/mol. The first-order valence-corrected chi connectivity index (χ1v) is 6.64. The Labute approximate surface area is 125 Å². The average molecular weight is 309 g/mol. The van der Waals surface area contributed by atoms with Gasteiger partial charge in [-0.25, -0.2) is 9.78 Å². The maximum absolute atomic E-state index is 12.0. The maximum atomic E-state index is 12.0. The van der Waals surface area contributed by atoms with E-state index in [9.17, 15) is 9.59 Å². The number of aromatic carboxylic acids is 1. The van der Waals surface area contributed by atoms with E-state index in [-0.39, 0.29) is 22.1 Å². The molecule has 0 bridgehead atoms. The summed E-state index contributed by atoms with van der Waals surface area (Å²) >= 11 is 5.93. The van der Waals surface area contributed by atoms with E-state index in [1.807, 2.05) is 6.92 Å². The lowest BCUT2D eigenvalue weighted by Gasteiger charge is -2.06. The van der Waals surface area contributed by atoms with Crippen LogP contribution in [0.5, 0.6) is 0 Å². The number of aryl methyl sites for hydroxylation is 1. The van der Waals surface area contributed by atoms with E-state index in [1.54, 1.807) is 0 Å². The van der Waals surface area contributed by atoms with Crippen LogP contribution in [0.3, 0.4) is 0 Å². The highest BCUT2D eigenvalue weighted by atomic mass is 35.5. The van der Waals surface area contributed by atoms with Crippen molar-refractivity contribution in [1.82, 2.24) is 15.2 Å². The second-order valence-electron chi connectivity index (χ2n) is 4.31. The molecule has 8 heteroatoms. The maximum Gasteiger partial charge on any atom is 0.335 e. The predicted molar refractivity (Wildman–Crippen MR) is 76.7 cm³/mol. The molecule has 0 aliphatic heterocycles. The quantitative estimate of drug-likeness (QED) is 0.785. The highest BCUT2D eigenvalue weighted by Crippen LogP contribution is 2.23. The van der Waals surface area contributed by atoms with Crippen molar-refractivity contribution >= 4 is 29.2 Å². The minimum atomic E-state index is -1.11. The van der Waals surface area contributed by atoms with Crippen LogP contribution in [0.4, 0.5) is 5.69 Å². The van der Waals surface area contributed by atoms with Gasteiger partial charge < -0.3 is 10.4 Å². The Morgan fingerprint density at radius 3 is 2.86 bits per heavy atom. The van der Waals surface area contributed by atoms with Crippen molar-refractivity contribution in [2.24, 2.45) is 0 Å². The number of carbonyl (C=O) groups excluding carboxylic acids is 1. The minimum Gasteiger partial charge on any atom is -0.478 e. The van der Waals surface area contributed by atoms with E-state index < -0.39 is 11.9 Å². The molecule has 0 aliphatic rings. The molecule has 0 spiro atoms. The molecule has 1 amide bonds. The number of nitrogens with one attached hydrogen (secondary N) is 2. The Kier molecular flexibility index (Phi) is 4.54. The topological polar surface area (TPSA) is 108 Å². The van der Waals surface area contributed by atoms with Crippen molar-refractivity contribution in [1.29, 1.82) is 0 Å². The normalized spacial score (nSPS) is 10.4. The lowest BCUT2D eigenvalue weighted by atomic mass is 10.2. The summed E-state index contributed by atoms with van der Waals surface area (Å²) in [5, 5.41) is 18.1. The molecule has 0 aliphatic carbocycles. The van der Waals surface area contributed by atoms with Gasteiger partial charge in [0.1, 0.15) is 5.82 Å². The number of halogens is 1. The van der Waals surface area contributed by atoms with Crippen LogP contribution in [-0.4, -0.2) is 32.2 Å². The summed E-state index contributed by atoms with van der Waals surface area (Å²) in [5.41, 5.74) is 0.222. The second kappa shape index (κ2) is 6.36. The Bertz CT molecular complexity index is 684. The third kappa shape index (κ3) is 3.57. The van der Waals surface area contributed by atoms with E-state index in [4.69, 9.17) is 16.7 Å². The molecule has 3 N–H and O–H groups in total. The van der Waals surface area contributed by atoms with E-state index >= 15 is 0 Å². The van der Waals surface area contributed by atoms with Crippen LogP contribution in [0.15, 0.2) is 18.2 Å². The van der Waals surface area contributed by atoms with Crippen LogP contribution >= 0.6 is 11.6 Å². The fraction of sp³-hybridized carbons (Fsp3) is 0.231. The molecular formula is C13H13ClN4O3. The molecule has 110 valence electrons. The fourth-order valence-electron chi connectivity index (χ4n) is 1.68. The van der Waals surface area contributed by atoms with Crippen LogP contribution in [0, 0.1) is 0 Å². The lowest BCUT2D eigenvalue weighted by molar-refractivity contribution is 0.0696. The van der Waals surface area contributed by atoms with Crippen molar-refractivity contribution < 1.29 is 14.7 Å². The third-order valence-electron chi connectivity index (χ3n) is 2.68. The third-order valence-corrected chi connectivity index (χ3v) is 3.01. The SMILES string of the molecule is CCCc1nc(C(=O)Nc2cc(C(=O)O)ccc2Cl)n[nH]1. The van der Waals surface area contributed by atoms with Gasteiger partial charge in [0.15, 0.2) is 0 Å². The smallest absolute Gasteiger partial charge is 0.335 e. The van der Waals surface area contributed by atoms with Crippen LogP contribution in [0.25, 0.3) is 0 Å². The van der Waals surface area contributed by atoms with E-state index in [0.717, 1.165) is 6.42 Å². The summed E-state index contributed by atoms with van der Waals surface area (Å²) in [7, 11) is 0. The molecule has 0 saturated carbocycles. The Morgan fingerprint density at radius 2 is 2.19 bits per heavy atom. The lowest BCUT2D eigenvalue weighted by Crippen LogP contribution is -2.14. The number of carboxylic acids is 1. The fourth-order valence-corrected chi connectivity index (χ4v) is 1.84. The van der Waals surface area contributed by atoms with Gasteiger partial charge >= 0.3 is 5.97 Å². The summed E-state index contributed by atoms with van der Waals surface area (Å²) in [5.74, 6) is -1.06. The zero-order chi connectivity index (χ0) is 15.4. The molecule has 2 aromatic rings. The van der Waals surface area contributed by atoms with Gasteiger partial charge in [-0.2, -0.15) is 0 Å². The van der Waals surface area contributed by atoms with Gasteiger partial charge in [-0.05, 0) is 24.6 Å². The van der Waals surface area contributed by atoms with Gasteiger partial charge in [0.2, 0.25) is 5.82 Å². The molecule has 0 atom stereocenters. The van der Waals surface area contributed by atoms with Gasteiger partial charge in [-0.1, -0.05) is 18.5 Å². The van der Waals surface area contributed by atoms with Crippen LogP contribution in [0.1, 0.15) is 40.1 Å². The highest BCUT2D eigenvalue weighted by molar-refractivity contribution is 6.34. The molecule has 1 aromatic heterocycles. The molecule has 1 aromatic carbocycles. The summed E-state index contributed by atoms with van der Waals surface area (Å²) in [4.78, 5) is 27.0. The number of amides is 1. The first-order chi connectivity index (χ1) is 10.0. The number of aromatic nitrogens is 3. The molecule has 21 heavy (non-hydrogen) atoms. The summed E-state index contributed by atoms with van der Waals surface area (Å²) in [6, 6.07) is 4.04. The van der Waals surface area contributed by atoms with Crippen molar-refractivity contribution in [3.8, 4) is 0 Å². The Balaban J connectivity index is 2.18. The number of hydrogen-bond donors (Lipinski definition) is 3. The molecule has 0 unspecified atom stereocenters. The van der Waals surface area contributed by atoms with Crippen LogP contribution in [0.2, 0.25) is 5.02 Å².